The molecule has 0 atom stereocenters. The maximum absolute atomic E-state index is 12.0. The minimum atomic E-state index is -0.194. The van der Waals surface area contributed by atoms with Crippen LogP contribution in [0, 0.1) is 0 Å². The Kier molecular flexibility index (Phi) is 4.62. The number of fused-ring (bicyclic) bond motifs is 1. The molecule has 23 heavy (non-hydrogen) atoms. The average Bonchev–Trinajstić information content (AvgIpc) is 2.55. The van der Waals surface area contributed by atoms with Crippen molar-refractivity contribution >= 4 is 33.3 Å². The van der Waals surface area contributed by atoms with Crippen LogP contribution in [0.25, 0.3) is 0 Å². The zero-order valence-corrected chi connectivity index (χ0v) is 13.8. The Morgan fingerprint density at radius 2 is 2.00 bits per heavy atom. The molecule has 1 N–H and O–H groups in total. The van der Waals surface area contributed by atoms with Crippen LogP contribution in [0.15, 0.2) is 46.9 Å². The van der Waals surface area contributed by atoms with Gasteiger partial charge in [0.1, 0.15) is 11.5 Å². The molecule has 0 spiro atoms. The number of Topliss-reactive ketones (excluding diaryl/α,β-unsaturated/α-hetero) is 1. The molecule has 118 valence electrons. The molecule has 2 aromatic carbocycles. The van der Waals surface area contributed by atoms with Gasteiger partial charge in [-0.1, -0.05) is 28.1 Å². The molecule has 1 aliphatic heterocycles. The second kappa shape index (κ2) is 6.83. The molecule has 1 aliphatic rings. The van der Waals surface area contributed by atoms with Crippen molar-refractivity contribution in [3.05, 3.63) is 52.5 Å². The molecule has 0 aromatic heterocycles. The van der Waals surface area contributed by atoms with Gasteiger partial charge in [0, 0.05) is 22.5 Å². The average molecular weight is 376 g/mol. The summed E-state index contributed by atoms with van der Waals surface area (Å²) in [4.78, 5) is 23.3. The first kappa shape index (κ1) is 15.6. The number of rotatable bonds is 5. The van der Waals surface area contributed by atoms with Gasteiger partial charge in [0.2, 0.25) is 0 Å². The molecule has 0 aliphatic carbocycles. The van der Waals surface area contributed by atoms with Crippen LogP contribution < -0.4 is 14.8 Å². The van der Waals surface area contributed by atoms with Gasteiger partial charge >= 0.3 is 0 Å². The third-order valence-electron chi connectivity index (χ3n) is 3.35. The number of nitrogens with one attached hydrogen (secondary N) is 1. The molecule has 0 bridgehead atoms. The summed E-state index contributed by atoms with van der Waals surface area (Å²) in [5.41, 5.74) is 1.24. The van der Waals surface area contributed by atoms with Crippen molar-refractivity contribution in [3.8, 4) is 11.5 Å². The first-order valence-electron chi connectivity index (χ1n) is 7.10. The van der Waals surface area contributed by atoms with E-state index >= 15 is 0 Å². The summed E-state index contributed by atoms with van der Waals surface area (Å²) in [6, 6.07) is 12.4. The molecular formula is C17H14BrNO4. The highest BCUT2D eigenvalue weighted by Crippen LogP contribution is 2.31. The number of halogens is 1. The lowest BCUT2D eigenvalue weighted by molar-refractivity contribution is -0.118. The van der Waals surface area contributed by atoms with E-state index in [4.69, 9.17) is 9.47 Å². The van der Waals surface area contributed by atoms with Crippen molar-refractivity contribution in [1.82, 2.24) is 0 Å². The standard InChI is InChI=1S/C17H14BrNO4/c18-12-3-1-11(2-4-12)15(20)7-8-22-13-5-6-16-14(9-13)19-17(21)10-23-16/h1-6,9H,7-8,10H2,(H,19,21). The Bertz CT molecular complexity index is 743. The van der Waals surface area contributed by atoms with Crippen molar-refractivity contribution in [3.63, 3.8) is 0 Å². The molecular weight excluding hydrogens is 362 g/mol. The summed E-state index contributed by atoms with van der Waals surface area (Å²) in [6.45, 7) is 0.289. The summed E-state index contributed by atoms with van der Waals surface area (Å²) in [5.74, 6) is 1.02. The zero-order valence-electron chi connectivity index (χ0n) is 12.2. The van der Waals surface area contributed by atoms with Gasteiger partial charge in [-0.2, -0.15) is 0 Å². The number of ether oxygens (including phenoxy) is 2. The topological polar surface area (TPSA) is 64.6 Å². The van der Waals surface area contributed by atoms with Crippen molar-refractivity contribution in [2.24, 2.45) is 0 Å². The van der Waals surface area contributed by atoms with E-state index in [0.29, 0.717) is 22.7 Å². The van der Waals surface area contributed by atoms with E-state index in [1.807, 2.05) is 12.1 Å². The van der Waals surface area contributed by atoms with Crippen LogP contribution in [0.5, 0.6) is 11.5 Å². The molecule has 0 saturated heterocycles. The fourth-order valence-corrected chi connectivity index (χ4v) is 2.46. The SMILES string of the molecule is O=C1COc2ccc(OCCC(=O)c3ccc(Br)cc3)cc2N1. The quantitative estimate of drug-likeness (QED) is 0.813. The van der Waals surface area contributed by atoms with Gasteiger partial charge in [0.25, 0.3) is 5.91 Å². The van der Waals surface area contributed by atoms with E-state index in [-0.39, 0.29) is 31.3 Å². The van der Waals surface area contributed by atoms with E-state index in [0.717, 1.165) is 4.47 Å². The number of benzene rings is 2. The van der Waals surface area contributed by atoms with Gasteiger partial charge in [-0.15, -0.1) is 0 Å². The molecule has 6 heteroatoms. The fourth-order valence-electron chi connectivity index (χ4n) is 2.19. The van der Waals surface area contributed by atoms with Crippen LogP contribution in [-0.4, -0.2) is 24.9 Å². The summed E-state index contributed by atoms with van der Waals surface area (Å²) in [6.07, 6.45) is 0.279. The number of hydrogen-bond donors (Lipinski definition) is 1. The second-order valence-electron chi connectivity index (χ2n) is 5.02. The number of hydrogen-bond acceptors (Lipinski definition) is 4. The molecule has 1 amide bonds. The highest BCUT2D eigenvalue weighted by Gasteiger charge is 2.16. The molecule has 0 saturated carbocycles. The zero-order chi connectivity index (χ0) is 16.2. The van der Waals surface area contributed by atoms with Crippen LogP contribution >= 0.6 is 15.9 Å². The van der Waals surface area contributed by atoms with Crippen molar-refractivity contribution in [1.29, 1.82) is 0 Å². The maximum atomic E-state index is 12.0. The van der Waals surface area contributed by atoms with E-state index in [2.05, 4.69) is 21.2 Å². The molecule has 5 nitrogen and oxygen atoms in total. The monoisotopic (exact) mass is 375 g/mol. The van der Waals surface area contributed by atoms with Gasteiger partial charge < -0.3 is 14.8 Å². The fraction of sp³-hybridized carbons (Fsp3) is 0.176. The van der Waals surface area contributed by atoms with Gasteiger partial charge in [-0.3, -0.25) is 9.59 Å². The summed E-state index contributed by atoms with van der Waals surface area (Å²) in [7, 11) is 0. The largest absolute Gasteiger partial charge is 0.493 e. The highest BCUT2D eigenvalue weighted by atomic mass is 79.9. The van der Waals surface area contributed by atoms with Crippen LogP contribution in [-0.2, 0) is 4.79 Å². The van der Waals surface area contributed by atoms with Crippen molar-refractivity contribution in [2.75, 3.05) is 18.5 Å². The second-order valence-corrected chi connectivity index (χ2v) is 5.94. The number of anilines is 1. The Labute approximate surface area is 141 Å². The lowest BCUT2D eigenvalue weighted by atomic mass is 10.1. The first-order chi connectivity index (χ1) is 11.1. The first-order valence-corrected chi connectivity index (χ1v) is 7.89. The normalized spacial score (nSPS) is 12.8. The number of carbonyl (C=O) groups excluding carboxylic acids is 2. The van der Waals surface area contributed by atoms with Gasteiger partial charge in [0.05, 0.1) is 12.3 Å². The summed E-state index contributed by atoms with van der Waals surface area (Å²) < 4.78 is 11.8. The third kappa shape index (κ3) is 3.90. The van der Waals surface area contributed by atoms with Crippen molar-refractivity contribution in [2.45, 2.75) is 6.42 Å². The Balaban J connectivity index is 1.56. The molecule has 3 rings (SSSR count). The minimum absolute atomic E-state index is 0.0205. The lowest BCUT2D eigenvalue weighted by Crippen LogP contribution is -2.25. The third-order valence-corrected chi connectivity index (χ3v) is 3.88. The molecule has 0 radical (unpaired) electrons. The number of carbonyl (C=O) groups is 2. The Hall–Kier alpha value is -2.34. The smallest absolute Gasteiger partial charge is 0.262 e. The minimum Gasteiger partial charge on any atom is -0.493 e. The highest BCUT2D eigenvalue weighted by molar-refractivity contribution is 9.10. The summed E-state index contributed by atoms with van der Waals surface area (Å²) in [5, 5.41) is 2.72. The number of amides is 1. The predicted octanol–water partition coefficient (Wildman–Crippen LogP) is 3.43. The van der Waals surface area contributed by atoms with Crippen LogP contribution in [0.3, 0.4) is 0 Å². The lowest BCUT2D eigenvalue weighted by Gasteiger charge is -2.18. The molecule has 0 fully saturated rings. The molecule has 2 aromatic rings. The summed E-state index contributed by atoms with van der Waals surface area (Å²) >= 11 is 3.34. The van der Waals surface area contributed by atoms with Gasteiger partial charge in [-0.05, 0) is 24.3 Å². The van der Waals surface area contributed by atoms with Gasteiger partial charge in [-0.25, -0.2) is 0 Å². The van der Waals surface area contributed by atoms with Crippen molar-refractivity contribution < 1.29 is 19.1 Å². The number of ketones is 1. The van der Waals surface area contributed by atoms with Crippen LogP contribution in [0.4, 0.5) is 5.69 Å². The molecule has 0 unspecified atom stereocenters. The maximum Gasteiger partial charge on any atom is 0.262 e. The van der Waals surface area contributed by atoms with E-state index < -0.39 is 0 Å². The molecule has 1 heterocycles. The van der Waals surface area contributed by atoms with E-state index in [1.165, 1.54) is 0 Å². The Morgan fingerprint density at radius 1 is 1.22 bits per heavy atom. The van der Waals surface area contributed by atoms with Crippen LogP contribution in [0.2, 0.25) is 0 Å². The van der Waals surface area contributed by atoms with Gasteiger partial charge in [0.15, 0.2) is 12.4 Å². The predicted molar refractivity (Wildman–Crippen MR) is 89.2 cm³/mol. The van der Waals surface area contributed by atoms with E-state index in [9.17, 15) is 9.59 Å². The Morgan fingerprint density at radius 3 is 2.78 bits per heavy atom. The van der Waals surface area contributed by atoms with Crippen LogP contribution in [0.1, 0.15) is 16.8 Å². The van der Waals surface area contributed by atoms with E-state index in [1.54, 1.807) is 30.3 Å².